The van der Waals surface area contributed by atoms with E-state index >= 15 is 0 Å². The van der Waals surface area contributed by atoms with Crippen LogP contribution in [0.25, 0.3) is 66.1 Å². The van der Waals surface area contributed by atoms with E-state index in [2.05, 4.69) is 252 Å². The third-order valence-electron chi connectivity index (χ3n) is 14.4. The highest BCUT2D eigenvalue weighted by atomic mass is 15.2. The van der Waals surface area contributed by atoms with Gasteiger partial charge in [-0.25, -0.2) is 0 Å². The van der Waals surface area contributed by atoms with Crippen LogP contribution in [0.5, 0.6) is 0 Å². The van der Waals surface area contributed by atoms with Gasteiger partial charge in [0.2, 0.25) is 0 Å². The Balaban J connectivity index is 1.11. The quantitative estimate of drug-likeness (QED) is 0.154. The number of hydrogen-bond acceptors (Lipinski definition) is 2. The molecule has 2 nitrogen and oxygen atoms in total. The molecule has 11 aromatic rings. The summed E-state index contributed by atoms with van der Waals surface area (Å²) in [4.78, 5) is 5.02. The molecule has 0 unspecified atom stereocenters. The Morgan fingerprint density at radius 1 is 0.221 bits per heavy atom. The topological polar surface area (TPSA) is 6.48 Å². The van der Waals surface area contributed by atoms with Crippen LogP contribution in [0, 0.1) is 0 Å². The number of hydrogen-bond donors (Lipinski definition) is 0. The number of para-hydroxylation sites is 4. The monoisotopic (exact) mass is 868 g/mol. The summed E-state index contributed by atoms with van der Waals surface area (Å²) < 4.78 is 0. The van der Waals surface area contributed by atoms with Gasteiger partial charge in [0.1, 0.15) is 0 Å². The summed E-state index contributed by atoms with van der Waals surface area (Å²) in [6.07, 6.45) is 3.99. The Morgan fingerprint density at radius 2 is 0.500 bits per heavy atom. The number of rotatable bonds is 6. The van der Waals surface area contributed by atoms with Gasteiger partial charge >= 0.3 is 0 Å². The maximum absolute atomic E-state index is 2.51. The van der Waals surface area contributed by atoms with E-state index in [0.717, 1.165) is 37.1 Å². The summed E-state index contributed by atoms with van der Waals surface area (Å²) >= 11 is 0. The lowest BCUT2D eigenvalue weighted by Gasteiger charge is -2.29. The predicted molar refractivity (Wildman–Crippen MR) is 287 cm³/mol. The highest BCUT2D eigenvalue weighted by Crippen LogP contribution is 2.50. The van der Waals surface area contributed by atoms with E-state index in [4.69, 9.17) is 0 Å². The second kappa shape index (κ2) is 16.8. The van der Waals surface area contributed by atoms with E-state index in [0.29, 0.717) is 0 Å². The molecule has 0 radical (unpaired) electrons. The minimum absolute atomic E-state index is 0.998. The van der Waals surface area contributed by atoms with Crippen molar-refractivity contribution < 1.29 is 0 Å². The van der Waals surface area contributed by atoms with E-state index in [1.54, 1.807) is 0 Å². The zero-order valence-electron chi connectivity index (χ0n) is 37.8. The number of benzene rings is 11. The minimum Gasteiger partial charge on any atom is -0.310 e. The van der Waals surface area contributed by atoms with Crippen molar-refractivity contribution in [2.45, 2.75) is 25.7 Å². The molecule has 11 aromatic carbocycles. The molecule has 0 atom stereocenters. The summed E-state index contributed by atoms with van der Waals surface area (Å²) in [6.45, 7) is 0. The lowest BCUT2D eigenvalue weighted by atomic mass is 9.84. The van der Waals surface area contributed by atoms with Crippen molar-refractivity contribution in [3.8, 4) is 44.5 Å². The van der Waals surface area contributed by atoms with Crippen molar-refractivity contribution in [2.24, 2.45) is 0 Å². The van der Waals surface area contributed by atoms with Crippen LogP contribution in [0.3, 0.4) is 0 Å². The zero-order valence-corrected chi connectivity index (χ0v) is 37.8. The molecule has 2 heterocycles. The molecule has 0 bridgehead atoms. The molecule has 0 N–H and O–H groups in total. The Labute approximate surface area is 398 Å². The number of anilines is 6. The summed E-state index contributed by atoms with van der Waals surface area (Å²) in [6, 6.07) is 90.3. The average molecular weight is 869 g/mol. The lowest BCUT2D eigenvalue weighted by Crippen LogP contribution is -2.12. The van der Waals surface area contributed by atoms with Crippen LogP contribution in [-0.4, -0.2) is 0 Å². The second-order valence-corrected chi connectivity index (χ2v) is 18.3. The molecular formula is C66H48N2. The van der Waals surface area contributed by atoms with Gasteiger partial charge in [0.15, 0.2) is 0 Å². The second-order valence-electron chi connectivity index (χ2n) is 18.3. The first-order valence-corrected chi connectivity index (χ1v) is 24.0. The van der Waals surface area contributed by atoms with E-state index in [-0.39, 0.29) is 0 Å². The van der Waals surface area contributed by atoms with Crippen LogP contribution in [0.2, 0.25) is 0 Å². The first-order valence-electron chi connectivity index (χ1n) is 24.0. The van der Waals surface area contributed by atoms with Gasteiger partial charge in [-0.2, -0.15) is 0 Å². The van der Waals surface area contributed by atoms with Crippen LogP contribution in [0.4, 0.5) is 34.1 Å². The Kier molecular flexibility index (Phi) is 9.83. The Morgan fingerprint density at radius 3 is 0.838 bits per heavy atom. The van der Waals surface area contributed by atoms with Crippen molar-refractivity contribution in [3.63, 3.8) is 0 Å². The van der Waals surface area contributed by atoms with Crippen molar-refractivity contribution >= 4 is 55.7 Å². The number of nitrogens with zero attached hydrogens (tertiary/aromatic N) is 2. The molecule has 322 valence electrons. The van der Waals surface area contributed by atoms with Gasteiger partial charge in [-0.1, -0.05) is 194 Å². The highest BCUT2D eigenvalue weighted by molar-refractivity contribution is 6.23. The zero-order chi connectivity index (χ0) is 45.0. The van der Waals surface area contributed by atoms with Crippen molar-refractivity contribution in [3.05, 3.63) is 265 Å². The van der Waals surface area contributed by atoms with Gasteiger partial charge in [0, 0.05) is 34.1 Å². The molecule has 13 rings (SSSR count). The van der Waals surface area contributed by atoms with Crippen LogP contribution in [0.15, 0.2) is 243 Å². The van der Waals surface area contributed by atoms with Crippen LogP contribution < -0.4 is 9.80 Å². The fraction of sp³-hybridized carbons (Fsp3) is 0.0606. The first kappa shape index (κ1) is 39.9. The molecule has 0 saturated heterocycles. The summed E-state index contributed by atoms with van der Waals surface area (Å²) in [5.41, 5.74) is 22.4. The third-order valence-corrected chi connectivity index (χ3v) is 14.4. The minimum atomic E-state index is 0.998. The molecule has 0 fully saturated rings. The molecule has 0 aromatic heterocycles. The SMILES string of the molecule is c1ccc(-c2ccc(-c3c4ccc(N5c6ccccc6CCc6ccccc65)cc4c(-c4ccc(-c5ccccc5)cc4)c4ccc(N5c6ccccc6CCc6ccccc65)cc34)cc2)cc1. The van der Waals surface area contributed by atoms with Gasteiger partial charge in [0.25, 0.3) is 0 Å². The first-order chi connectivity index (χ1) is 33.7. The third kappa shape index (κ3) is 6.88. The van der Waals surface area contributed by atoms with E-state index < -0.39 is 0 Å². The largest absolute Gasteiger partial charge is 0.310 e. The highest BCUT2D eigenvalue weighted by Gasteiger charge is 2.27. The van der Waals surface area contributed by atoms with E-state index in [1.165, 1.54) is 111 Å². The molecule has 2 aliphatic heterocycles. The molecule has 2 heteroatoms. The predicted octanol–water partition coefficient (Wildman–Crippen LogP) is 17.8. The lowest BCUT2D eigenvalue weighted by molar-refractivity contribution is 0.977. The van der Waals surface area contributed by atoms with Gasteiger partial charge in [0.05, 0.1) is 0 Å². The van der Waals surface area contributed by atoms with Crippen molar-refractivity contribution in [2.75, 3.05) is 9.80 Å². The summed E-state index contributed by atoms with van der Waals surface area (Å²) in [7, 11) is 0. The summed E-state index contributed by atoms with van der Waals surface area (Å²) in [5.74, 6) is 0. The maximum atomic E-state index is 2.51. The maximum Gasteiger partial charge on any atom is 0.0493 e. The van der Waals surface area contributed by atoms with Gasteiger partial charge in [-0.15, -0.1) is 0 Å². The molecule has 0 aliphatic carbocycles. The molecule has 0 amide bonds. The Hall–Kier alpha value is -8.46. The van der Waals surface area contributed by atoms with Gasteiger partial charge in [-0.05, 0) is 163 Å². The van der Waals surface area contributed by atoms with Crippen molar-refractivity contribution in [1.29, 1.82) is 0 Å². The van der Waals surface area contributed by atoms with Gasteiger partial charge in [-0.3, -0.25) is 0 Å². The summed E-state index contributed by atoms with van der Waals surface area (Å²) in [5, 5.41) is 4.89. The number of aryl methyl sites for hydroxylation is 4. The van der Waals surface area contributed by atoms with E-state index in [9.17, 15) is 0 Å². The van der Waals surface area contributed by atoms with Gasteiger partial charge < -0.3 is 9.80 Å². The fourth-order valence-electron chi connectivity index (χ4n) is 11.1. The molecule has 0 saturated carbocycles. The standard InChI is InChI=1S/C66H48N2/c1-3-15-45(16-4-1)47-27-35-53(36-28-47)65-57-41-39-56(68-63-25-13-9-21-51(63)33-34-52-22-10-14-26-64(52)68)44-60(57)66(54-37-29-48(30-38-54)46-17-5-2-6-18-46)58-42-40-55(43-59(58)65)67-61-23-11-7-19-49(61)31-32-50-20-8-12-24-62(50)67/h1-30,35-44H,31-34H2. The molecule has 0 spiro atoms. The number of fused-ring (bicyclic) bond motifs is 6. The average Bonchev–Trinajstić information content (AvgIpc) is 3.69. The normalized spacial score (nSPS) is 13.0. The molecule has 68 heavy (non-hydrogen) atoms. The molecular weight excluding hydrogens is 821 g/mol. The smallest absolute Gasteiger partial charge is 0.0493 e. The van der Waals surface area contributed by atoms with Crippen LogP contribution in [-0.2, 0) is 25.7 Å². The Bertz CT molecular complexity index is 3330. The van der Waals surface area contributed by atoms with E-state index in [1.807, 2.05) is 0 Å². The molecule has 2 aliphatic rings. The van der Waals surface area contributed by atoms with Crippen LogP contribution >= 0.6 is 0 Å². The van der Waals surface area contributed by atoms with Crippen molar-refractivity contribution in [1.82, 2.24) is 0 Å². The fourth-order valence-corrected chi connectivity index (χ4v) is 11.1. The van der Waals surface area contributed by atoms with Crippen LogP contribution in [0.1, 0.15) is 22.3 Å².